The summed E-state index contributed by atoms with van der Waals surface area (Å²) < 4.78 is 7.56. The summed E-state index contributed by atoms with van der Waals surface area (Å²) >= 11 is 6.30. The van der Waals surface area contributed by atoms with Crippen molar-refractivity contribution in [3.63, 3.8) is 0 Å². The number of phenols is 1. The molecule has 1 saturated heterocycles. The molecule has 0 unspecified atom stereocenters. The maximum Gasteiger partial charge on any atom is 0.165 e. The van der Waals surface area contributed by atoms with E-state index in [0.29, 0.717) is 46.7 Å². The van der Waals surface area contributed by atoms with E-state index >= 15 is 0 Å². The van der Waals surface area contributed by atoms with Crippen LogP contribution in [0.4, 0.5) is 0 Å². The maximum atomic E-state index is 10.3. The zero-order valence-electron chi connectivity index (χ0n) is 13.2. The highest BCUT2D eigenvalue weighted by Gasteiger charge is 2.26. The molecule has 7 heteroatoms. The van der Waals surface area contributed by atoms with Gasteiger partial charge in [0, 0.05) is 19.3 Å². The summed E-state index contributed by atoms with van der Waals surface area (Å²) in [5, 5.41) is 10.6. The van der Waals surface area contributed by atoms with Crippen LogP contribution in [-0.4, -0.2) is 37.8 Å². The van der Waals surface area contributed by atoms with Gasteiger partial charge in [0.15, 0.2) is 10.8 Å². The van der Waals surface area contributed by atoms with Gasteiger partial charge in [-0.15, -0.1) is 0 Å². The van der Waals surface area contributed by atoms with Gasteiger partial charge in [-0.05, 0) is 31.9 Å². The summed E-state index contributed by atoms with van der Waals surface area (Å²) in [4.78, 5) is 13.4. The molecule has 2 aromatic heterocycles. The van der Waals surface area contributed by atoms with Gasteiger partial charge in [0.05, 0.1) is 5.56 Å². The molecule has 3 aromatic rings. The highest BCUT2D eigenvalue weighted by atomic mass is 35.5. The third kappa shape index (κ3) is 2.52. The van der Waals surface area contributed by atoms with Gasteiger partial charge in [-0.1, -0.05) is 23.7 Å². The normalized spacial score (nSPS) is 15.9. The topological polar surface area (TPSA) is 73.1 Å². The quantitative estimate of drug-likeness (QED) is 0.720. The Balaban J connectivity index is 2.01. The third-order valence-electron chi connectivity index (χ3n) is 4.31. The predicted octanol–water partition coefficient (Wildman–Crippen LogP) is 3.51. The Labute approximate surface area is 144 Å². The first-order valence-corrected chi connectivity index (χ1v) is 8.31. The lowest BCUT2D eigenvalue weighted by atomic mass is 10.1. The molecule has 1 fully saturated rings. The number of aromatic nitrogens is 4. The van der Waals surface area contributed by atoms with Crippen LogP contribution in [0.15, 0.2) is 24.3 Å². The van der Waals surface area contributed by atoms with Gasteiger partial charge in [0.25, 0.3) is 0 Å². The molecule has 6 nitrogen and oxygen atoms in total. The number of rotatable bonds is 2. The number of para-hydroxylation sites is 1. The Bertz CT molecular complexity index is 903. The van der Waals surface area contributed by atoms with Crippen molar-refractivity contribution in [2.24, 2.45) is 0 Å². The van der Waals surface area contributed by atoms with E-state index in [-0.39, 0.29) is 11.8 Å². The van der Waals surface area contributed by atoms with Crippen molar-refractivity contribution in [1.29, 1.82) is 0 Å². The number of hydrogen-bond acceptors (Lipinski definition) is 5. The number of ether oxygens (including phenoxy) is 1. The molecule has 1 aromatic carbocycles. The molecule has 0 saturated carbocycles. The Kier molecular flexibility index (Phi) is 3.86. The zero-order valence-corrected chi connectivity index (χ0v) is 14.0. The number of nitrogens with zero attached hydrogens (tertiary/aromatic N) is 4. The van der Waals surface area contributed by atoms with Crippen LogP contribution in [0.25, 0.3) is 22.6 Å². The van der Waals surface area contributed by atoms with Crippen molar-refractivity contribution >= 4 is 22.8 Å². The first-order valence-electron chi connectivity index (χ1n) is 7.93. The molecule has 24 heavy (non-hydrogen) atoms. The smallest absolute Gasteiger partial charge is 0.165 e. The van der Waals surface area contributed by atoms with Crippen molar-refractivity contribution in [3.8, 4) is 17.1 Å². The molecule has 0 aliphatic carbocycles. The third-order valence-corrected chi connectivity index (χ3v) is 4.57. The average molecular weight is 345 g/mol. The minimum Gasteiger partial charge on any atom is -0.507 e. The summed E-state index contributed by atoms with van der Waals surface area (Å²) in [6, 6.07) is 7.37. The maximum absolute atomic E-state index is 10.3. The molecule has 0 bridgehead atoms. The van der Waals surface area contributed by atoms with Crippen molar-refractivity contribution in [2.75, 3.05) is 13.2 Å². The van der Waals surface area contributed by atoms with E-state index in [1.165, 1.54) is 0 Å². The van der Waals surface area contributed by atoms with Crippen molar-refractivity contribution in [2.45, 2.75) is 25.8 Å². The van der Waals surface area contributed by atoms with Crippen LogP contribution in [0.1, 0.15) is 24.7 Å². The lowest BCUT2D eigenvalue weighted by molar-refractivity contribution is 0.0708. The van der Waals surface area contributed by atoms with Crippen LogP contribution in [0, 0.1) is 6.92 Å². The molecule has 3 heterocycles. The van der Waals surface area contributed by atoms with Gasteiger partial charge in [-0.25, -0.2) is 15.0 Å². The van der Waals surface area contributed by atoms with E-state index in [9.17, 15) is 5.11 Å². The van der Waals surface area contributed by atoms with Crippen LogP contribution >= 0.6 is 11.6 Å². The van der Waals surface area contributed by atoms with E-state index in [0.717, 1.165) is 12.8 Å². The fourth-order valence-corrected chi connectivity index (χ4v) is 3.43. The van der Waals surface area contributed by atoms with E-state index in [1.807, 2.05) is 19.1 Å². The second-order valence-electron chi connectivity index (χ2n) is 5.90. The van der Waals surface area contributed by atoms with E-state index < -0.39 is 0 Å². The number of phenolic OH excluding ortho intramolecular Hbond substituents is 1. The van der Waals surface area contributed by atoms with Crippen molar-refractivity contribution in [1.82, 2.24) is 19.5 Å². The van der Waals surface area contributed by atoms with Crippen LogP contribution in [0.2, 0.25) is 5.15 Å². The number of benzene rings is 1. The lowest BCUT2D eigenvalue weighted by Crippen LogP contribution is -2.20. The Morgan fingerprint density at radius 1 is 1.17 bits per heavy atom. The Morgan fingerprint density at radius 3 is 2.67 bits per heavy atom. The van der Waals surface area contributed by atoms with Crippen molar-refractivity contribution < 1.29 is 9.84 Å². The predicted molar refractivity (Wildman–Crippen MR) is 91.3 cm³/mol. The molecule has 4 rings (SSSR count). The van der Waals surface area contributed by atoms with Crippen LogP contribution in [-0.2, 0) is 4.74 Å². The van der Waals surface area contributed by atoms with Crippen molar-refractivity contribution in [3.05, 3.63) is 35.2 Å². The number of aromatic hydroxyl groups is 1. The number of imidazole rings is 1. The molecule has 124 valence electrons. The van der Waals surface area contributed by atoms with Gasteiger partial charge < -0.3 is 14.4 Å². The standard InChI is InChI=1S/C17H17ClN4O2/c1-10-19-15(18)14-17(20-10)22(11-6-8-24-9-7-11)16(21-14)12-4-2-3-5-13(12)23/h2-5,11,23H,6-9H2,1H3. The Morgan fingerprint density at radius 2 is 1.92 bits per heavy atom. The van der Waals surface area contributed by atoms with Gasteiger partial charge in [0.2, 0.25) is 0 Å². The zero-order chi connectivity index (χ0) is 16.7. The summed E-state index contributed by atoms with van der Waals surface area (Å²) in [5.74, 6) is 1.45. The molecular weight excluding hydrogens is 328 g/mol. The molecular formula is C17H17ClN4O2. The van der Waals surface area contributed by atoms with Crippen LogP contribution in [0.5, 0.6) is 5.75 Å². The number of fused-ring (bicyclic) bond motifs is 1. The summed E-state index contributed by atoms with van der Waals surface area (Å²) in [6.45, 7) is 3.21. The van der Waals surface area contributed by atoms with Gasteiger partial charge >= 0.3 is 0 Å². The summed E-state index contributed by atoms with van der Waals surface area (Å²) in [6.07, 6.45) is 1.74. The van der Waals surface area contributed by atoms with Gasteiger partial charge in [0.1, 0.15) is 22.9 Å². The Hall–Kier alpha value is -2.18. The second kappa shape index (κ2) is 6.03. The minimum atomic E-state index is 0.182. The highest BCUT2D eigenvalue weighted by Crippen LogP contribution is 2.36. The number of hydrogen-bond donors (Lipinski definition) is 1. The molecule has 1 aliphatic rings. The minimum absolute atomic E-state index is 0.182. The monoisotopic (exact) mass is 344 g/mol. The second-order valence-corrected chi connectivity index (χ2v) is 6.26. The number of aryl methyl sites for hydroxylation is 1. The number of halogens is 1. The largest absolute Gasteiger partial charge is 0.507 e. The van der Waals surface area contributed by atoms with E-state index in [4.69, 9.17) is 16.3 Å². The molecule has 1 N–H and O–H groups in total. The SMILES string of the molecule is Cc1nc(Cl)c2nc(-c3ccccc3O)n(C3CCOCC3)c2n1. The van der Waals surface area contributed by atoms with Gasteiger partial charge in [-0.2, -0.15) is 0 Å². The lowest BCUT2D eigenvalue weighted by Gasteiger charge is -2.25. The molecule has 0 amide bonds. The fraction of sp³-hybridized carbons (Fsp3) is 0.353. The fourth-order valence-electron chi connectivity index (χ4n) is 3.18. The highest BCUT2D eigenvalue weighted by molar-refractivity contribution is 6.33. The molecule has 0 atom stereocenters. The van der Waals surface area contributed by atoms with Crippen LogP contribution < -0.4 is 0 Å². The summed E-state index contributed by atoms with van der Waals surface area (Å²) in [5.41, 5.74) is 1.93. The van der Waals surface area contributed by atoms with E-state index in [1.54, 1.807) is 12.1 Å². The summed E-state index contributed by atoms with van der Waals surface area (Å²) in [7, 11) is 0. The molecule has 0 spiro atoms. The average Bonchev–Trinajstić information content (AvgIpc) is 2.95. The first-order chi connectivity index (χ1) is 11.6. The molecule has 0 radical (unpaired) electrons. The first kappa shape index (κ1) is 15.4. The molecule has 1 aliphatic heterocycles. The van der Waals surface area contributed by atoms with Gasteiger partial charge in [-0.3, -0.25) is 0 Å². The van der Waals surface area contributed by atoms with Crippen LogP contribution in [0.3, 0.4) is 0 Å². The van der Waals surface area contributed by atoms with E-state index in [2.05, 4.69) is 19.5 Å².